The molecule has 28 heavy (non-hydrogen) atoms. The third-order valence-corrected chi connectivity index (χ3v) is 5.77. The van der Waals surface area contributed by atoms with Crippen molar-refractivity contribution >= 4 is 5.97 Å². The van der Waals surface area contributed by atoms with E-state index >= 15 is 0 Å². The molecule has 4 nitrogen and oxygen atoms in total. The third kappa shape index (κ3) is 6.36. The SMILES string of the molecule is CC#CCC(C)[C@@H](O)/C=C\[C@H]1[C@H]2CC(C=CCCC(=O)OCC)=C[C@H]2C[C@H]1O. The van der Waals surface area contributed by atoms with E-state index in [2.05, 4.69) is 24.0 Å². The molecule has 2 rings (SSSR count). The minimum Gasteiger partial charge on any atom is -0.466 e. The van der Waals surface area contributed by atoms with Crippen LogP contribution in [0.3, 0.4) is 0 Å². The summed E-state index contributed by atoms with van der Waals surface area (Å²) < 4.78 is 4.93. The van der Waals surface area contributed by atoms with Gasteiger partial charge < -0.3 is 14.9 Å². The molecule has 2 N–H and O–H groups in total. The molecule has 0 spiro atoms. The lowest BCUT2D eigenvalue weighted by Crippen LogP contribution is -2.19. The first-order valence-corrected chi connectivity index (χ1v) is 10.4. The molecule has 1 fully saturated rings. The van der Waals surface area contributed by atoms with Crippen molar-refractivity contribution in [1.82, 2.24) is 0 Å². The van der Waals surface area contributed by atoms with Gasteiger partial charge in [-0.05, 0) is 50.9 Å². The van der Waals surface area contributed by atoms with Crippen molar-refractivity contribution in [2.75, 3.05) is 6.61 Å². The van der Waals surface area contributed by atoms with Gasteiger partial charge in [0.1, 0.15) is 0 Å². The number of hydrogen-bond donors (Lipinski definition) is 2. The highest BCUT2D eigenvalue weighted by atomic mass is 16.5. The maximum atomic E-state index is 11.4. The van der Waals surface area contributed by atoms with Crippen LogP contribution in [0.15, 0.2) is 36.0 Å². The summed E-state index contributed by atoms with van der Waals surface area (Å²) >= 11 is 0. The van der Waals surface area contributed by atoms with Crippen LogP contribution in [0, 0.1) is 35.5 Å². The van der Waals surface area contributed by atoms with E-state index in [0.717, 1.165) is 12.8 Å². The van der Waals surface area contributed by atoms with E-state index in [1.807, 2.05) is 32.1 Å². The maximum absolute atomic E-state index is 11.4. The van der Waals surface area contributed by atoms with E-state index in [-0.39, 0.29) is 23.9 Å². The molecular formula is C24H34O4. The van der Waals surface area contributed by atoms with E-state index in [0.29, 0.717) is 37.7 Å². The number of carbonyl (C=O) groups excluding carboxylic acids is 1. The van der Waals surface area contributed by atoms with Crippen LogP contribution in [-0.2, 0) is 9.53 Å². The Bertz CT molecular complexity index is 664. The molecule has 0 saturated heterocycles. The Morgan fingerprint density at radius 1 is 1.46 bits per heavy atom. The zero-order valence-corrected chi connectivity index (χ0v) is 17.3. The first-order valence-electron chi connectivity index (χ1n) is 10.4. The largest absolute Gasteiger partial charge is 0.466 e. The van der Waals surface area contributed by atoms with E-state index in [4.69, 9.17) is 4.74 Å². The van der Waals surface area contributed by atoms with E-state index in [1.165, 1.54) is 5.57 Å². The number of ether oxygens (including phenoxy) is 1. The van der Waals surface area contributed by atoms with Gasteiger partial charge in [0.2, 0.25) is 0 Å². The Kier molecular flexibility index (Phi) is 9.02. The van der Waals surface area contributed by atoms with Crippen LogP contribution in [-0.4, -0.2) is 35.0 Å². The smallest absolute Gasteiger partial charge is 0.306 e. The first kappa shape index (κ1) is 22.5. The van der Waals surface area contributed by atoms with Gasteiger partial charge in [-0.15, -0.1) is 11.8 Å². The standard InChI is InChI=1S/C24H34O4/c1-4-6-9-17(3)22(25)13-12-20-21-15-18(14-19(21)16-23(20)26)10-7-8-11-24(27)28-5-2/h7,10,12-14,17,19-23,25-26H,5,8-9,11,15-16H2,1-3H3/b10-7?,13-12-/t17?,19-,20-,21-,22-,23+/m0/s1. The van der Waals surface area contributed by atoms with Gasteiger partial charge in [-0.25, -0.2) is 0 Å². The Labute approximate surface area is 169 Å². The lowest BCUT2D eigenvalue weighted by atomic mass is 9.88. The van der Waals surface area contributed by atoms with Gasteiger partial charge in [-0.3, -0.25) is 4.79 Å². The summed E-state index contributed by atoms with van der Waals surface area (Å²) in [6.07, 6.45) is 12.8. The molecule has 2 aliphatic carbocycles. The predicted octanol–water partition coefficient (Wildman–Crippen LogP) is 3.80. The molecule has 0 radical (unpaired) electrons. The summed E-state index contributed by atoms with van der Waals surface area (Å²) in [4.78, 5) is 11.4. The molecule has 0 aromatic heterocycles. The number of carbonyl (C=O) groups is 1. The number of rotatable bonds is 9. The zero-order chi connectivity index (χ0) is 20.5. The topological polar surface area (TPSA) is 66.8 Å². The van der Waals surface area contributed by atoms with Crippen molar-refractivity contribution < 1.29 is 19.7 Å². The Morgan fingerprint density at radius 3 is 2.96 bits per heavy atom. The van der Waals surface area contributed by atoms with E-state index in [1.54, 1.807) is 6.92 Å². The molecule has 0 bridgehead atoms. The Morgan fingerprint density at radius 2 is 2.25 bits per heavy atom. The van der Waals surface area contributed by atoms with Gasteiger partial charge >= 0.3 is 5.97 Å². The highest BCUT2D eigenvalue weighted by Crippen LogP contribution is 2.47. The first-order chi connectivity index (χ1) is 13.5. The van der Waals surface area contributed by atoms with Gasteiger partial charge in [-0.1, -0.05) is 42.9 Å². The molecule has 0 aromatic carbocycles. The van der Waals surface area contributed by atoms with Gasteiger partial charge in [0.05, 0.1) is 18.8 Å². The average Bonchev–Trinajstić information content (AvgIpc) is 3.18. The van der Waals surface area contributed by atoms with Gasteiger partial charge in [0.15, 0.2) is 0 Å². The van der Waals surface area contributed by atoms with Crippen LogP contribution in [0.4, 0.5) is 0 Å². The molecular weight excluding hydrogens is 352 g/mol. The lowest BCUT2D eigenvalue weighted by Gasteiger charge is -2.19. The number of aliphatic hydroxyl groups excluding tert-OH is 2. The number of aliphatic hydroxyl groups is 2. The van der Waals surface area contributed by atoms with Gasteiger partial charge in [0, 0.05) is 18.8 Å². The summed E-state index contributed by atoms with van der Waals surface area (Å²) in [5, 5.41) is 20.8. The monoisotopic (exact) mass is 386 g/mol. The van der Waals surface area contributed by atoms with Crippen molar-refractivity contribution in [2.24, 2.45) is 23.7 Å². The Hall–Kier alpha value is -1.83. The molecule has 0 amide bonds. The maximum Gasteiger partial charge on any atom is 0.306 e. The second-order valence-corrected chi connectivity index (χ2v) is 7.88. The number of fused-ring (bicyclic) bond motifs is 1. The average molecular weight is 387 g/mol. The molecule has 0 aromatic rings. The minimum atomic E-state index is -0.538. The van der Waals surface area contributed by atoms with Crippen LogP contribution >= 0.6 is 0 Å². The summed E-state index contributed by atoms with van der Waals surface area (Å²) in [5.41, 5.74) is 1.27. The molecule has 2 aliphatic rings. The molecule has 0 aliphatic heterocycles. The van der Waals surface area contributed by atoms with Crippen LogP contribution in [0.5, 0.6) is 0 Å². The van der Waals surface area contributed by atoms with Crippen molar-refractivity contribution in [3.8, 4) is 11.8 Å². The molecule has 1 saturated carbocycles. The molecule has 154 valence electrons. The fourth-order valence-corrected chi connectivity index (χ4v) is 4.16. The quantitative estimate of drug-likeness (QED) is 0.359. The highest BCUT2D eigenvalue weighted by Gasteiger charge is 2.43. The van der Waals surface area contributed by atoms with Gasteiger partial charge in [-0.2, -0.15) is 0 Å². The minimum absolute atomic E-state index is 0.0748. The fourth-order valence-electron chi connectivity index (χ4n) is 4.16. The predicted molar refractivity (Wildman–Crippen MR) is 111 cm³/mol. The summed E-state index contributed by atoms with van der Waals surface area (Å²) in [6, 6.07) is 0. The van der Waals surface area contributed by atoms with Crippen LogP contribution < -0.4 is 0 Å². The van der Waals surface area contributed by atoms with E-state index in [9.17, 15) is 15.0 Å². The lowest BCUT2D eigenvalue weighted by molar-refractivity contribution is -0.143. The molecule has 6 atom stereocenters. The zero-order valence-electron chi connectivity index (χ0n) is 17.3. The van der Waals surface area contributed by atoms with Crippen LogP contribution in [0.25, 0.3) is 0 Å². The highest BCUT2D eigenvalue weighted by molar-refractivity contribution is 5.69. The summed E-state index contributed by atoms with van der Waals surface area (Å²) in [6.45, 7) is 6.03. The molecule has 4 heteroatoms. The number of hydrogen-bond acceptors (Lipinski definition) is 4. The van der Waals surface area contributed by atoms with Crippen molar-refractivity contribution in [3.05, 3.63) is 36.0 Å². The van der Waals surface area contributed by atoms with E-state index < -0.39 is 6.10 Å². The third-order valence-electron chi connectivity index (χ3n) is 5.77. The normalized spacial score (nSPS) is 28.7. The summed E-state index contributed by atoms with van der Waals surface area (Å²) in [7, 11) is 0. The van der Waals surface area contributed by atoms with Crippen molar-refractivity contribution in [2.45, 2.75) is 65.1 Å². The Balaban J connectivity index is 1.86. The second kappa shape index (κ2) is 11.2. The molecule has 1 unspecified atom stereocenters. The second-order valence-electron chi connectivity index (χ2n) is 7.88. The van der Waals surface area contributed by atoms with Crippen molar-refractivity contribution in [1.29, 1.82) is 0 Å². The van der Waals surface area contributed by atoms with Gasteiger partial charge in [0.25, 0.3) is 0 Å². The van der Waals surface area contributed by atoms with Crippen LogP contribution in [0.2, 0.25) is 0 Å². The number of allylic oxidation sites excluding steroid dienone is 4. The van der Waals surface area contributed by atoms with Crippen molar-refractivity contribution in [3.63, 3.8) is 0 Å². The summed E-state index contributed by atoms with van der Waals surface area (Å²) in [5.74, 6) is 6.64. The molecule has 0 heterocycles. The van der Waals surface area contributed by atoms with Crippen LogP contribution in [0.1, 0.15) is 52.9 Å². The fraction of sp³-hybridized carbons (Fsp3) is 0.625. The number of esters is 1.